The molecular weight excluding hydrogens is 381 g/mol. The molecule has 0 aliphatic carbocycles. The summed E-state index contributed by atoms with van der Waals surface area (Å²) in [5.74, 6) is 0.901. The molecule has 0 unspecified atom stereocenters. The maximum atomic E-state index is 12.9. The van der Waals surface area contributed by atoms with Crippen LogP contribution in [0.4, 0.5) is 20.0 Å². The van der Waals surface area contributed by atoms with Crippen LogP contribution in [0.3, 0.4) is 0 Å². The Labute approximate surface area is 164 Å². The third-order valence-electron chi connectivity index (χ3n) is 3.89. The van der Waals surface area contributed by atoms with Crippen molar-refractivity contribution in [2.24, 2.45) is 0 Å². The van der Waals surface area contributed by atoms with Crippen LogP contribution in [0.1, 0.15) is 6.92 Å². The first kappa shape index (κ1) is 18.0. The van der Waals surface area contributed by atoms with E-state index < -0.39 is 6.03 Å². The Morgan fingerprint density at radius 1 is 1.21 bits per heavy atom. The minimum Gasteiger partial charge on any atom is -0.490 e. The first-order valence-corrected chi connectivity index (χ1v) is 9.45. The lowest BCUT2D eigenvalue weighted by atomic mass is 10.2. The molecular formula is C20H16FN3O3S. The molecule has 4 aromatic rings. The fourth-order valence-corrected chi connectivity index (χ4v) is 3.36. The molecule has 2 amide bonds. The number of benzene rings is 2. The number of aromatic nitrogens is 1. The predicted molar refractivity (Wildman–Crippen MR) is 108 cm³/mol. The van der Waals surface area contributed by atoms with Crippen molar-refractivity contribution in [3.05, 3.63) is 59.7 Å². The van der Waals surface area contributed by atoms with Crippen LogP contribution in [0.5, 0.6) is 5.75 Å². The summed E-state index contributed by atoms with van der Waals surface area (Å²) >= 11 is 1.28. The molecule has 28 heavy (non-hydrogen) atoms. The number of carbonyl (C=O) groups excluding carboxylic acids is 1. The van der Waals surface area contributed by atoms with Crippen molar-refractivity contribution in [1.29, 1.82) is 0 Å². The molecule has 0 saturated carbocycles. The van der Waals surface area contributed by atoms with Gasteiger partial charge in [0.05, 0.1) is 6.61 Å². The van der Waals surface area contributed by atoms with E-state index in [4.69, 9.17) is 9.15 Å². The second-order valence-electron chi connectivity index (χ2n) is 5.84. The van der Waals surface area contributed by atoms with Gasteiger partial charge in [-0.15, -0.1) is 11.3 Å². The van der Waals surface area contributed by atoms with Gasteiger partial charge >= 0.3 is 6.03 Å². The third kappa shape index (κ3) is 3.81. The summed E-state index contributed by atoms with van der Waals surface area (Å²) in [7, 11) is 0. The number of anilines is 2. The Bertz CT molecular complexity index is 1120. The molecule has 6 nitrogen and oxygen atoms in total. The van der Waals surface area contributed by atoms with Gasteiger partial charge < -0.3 is 14.5 Å². The lowest BCUT2D eigenvalue weighted by Gasteiger charge is -2.04. The molecule has 8 heteroatoms. The van der Waals surface area contributed by atoms with Crippen LogP contribution >= 0.6 is 11.3 Å². The summed E-state index contributed by atoms with van der Waals surface area (Å²) < 4.78 is 24.4. The van der Waals surface area contributed by atoms with Crippen LogP contribution < -0.4 is 15.4 Å². The highest BCUT2D eigenvalue weighted by atomic mass is 32.1. The standard InChI is InChI=1S/C20H16FN3O3S/c1-2-26-16-5-3-4-12-10-17(27-18(12)16)15-11-28-20(23-15)24-19(25)22-14-8-6-13(21)7-9-14/h3-11H,2H2,1H3,(H2,22,23,24,25). The number of amides is 2. The van der Waals surface area contributed by atoms with E-state index in [0.29, 0.717) is 40.2 Å². The summed E-state index contributed by atoms with van der Waals surface area (Å²) in [6, 6.07) is 12.6. The van der Waals surface area contributed by atoms with Crippen LogP contribution in [0.25, 0.3) is 22.4 Å². The Kier molecular flexibility index (Phi) is 4.94. The smallest absolute Gasteiger partial charge is 0.325 e. The van der Waals surface area contributed by atoms with Gasteiger partial charge in [-0.3, -0.25) is 5.32 Å². The van der Waals surface area contributed by atoms with Crippen LogP contribution in [0.2, 0.25) is 0 Å². The molecule has 2 heterocycles. The zero-order valence-corrected chi connectivity index (χ0v) is 15.7. The number of fused-ring (bicyclic) bond motifs is 1. The summed E-state index contributed by atoms with van der Waals surface area (Å²) in [5.41, 5.74) is 1.76. The topological polar surface area (TPSA) is 76.4 Å². The van der Waals surface area contributed by atoms with E-state index in [2.05, 4.69) is 15.6 Å². The highest BCUT2D eigenvalue weighted by molar-refractivity contribution is 7.14. The summed E-state index contributed by atoms with van der Waals surface area (Å²) in [4.78, 5) is 16.5. The SMILES string of the molecule is CCOc1cccc2cc(-c3csc(NC(=O)Nc4ccc(F)cc4)n3)oc12. The van der Waals surface area contributed by atoms with Gasteiger partial charge in [0.15, 0.2) is 22.2 Å². The highest BCUT2D eigenvalue weighted by Gasteiger charge is 2.14. The number of urea groups is 1. The van der Waals surface area contributed by atoms with E-state index in [0.717, 1.165) is 5.39 Å². The van der Waals surface area contributed by atoms with Crippen molar-refractivity contribution in [3.8, 4) is 17.2 Å². The number of nitrogens with zero attached hydrogens (tertiary/aromatic N) is 1. The number of hydrogen-bond donors (Lipinski definition) is 2. The molecule has 4 rings (SSSR count). The van der Waals surface area contributed by atoms with E-state index >= 15 is 0 Å². The van der Waals surface area contributed by atoms with Crippen LogP contribution in [0.15, 0.2) is 58.3 Å². The van der Waals surface area contributed by atoms with Crippen molar-refractivity contribution >= 4 is 39.2 Å². The molecule has 0 radical (unpaired) electrons. The van der Waals surface area contributed by atoms with Gasteiger partial charge in [-0.1, -0.05) is 12.1 Å². The fourth-order valence-electron chi connectivity index (χ4n) is 2.67. The Balaban J connectivity index is 1.49. The van der Waals surface area contributed by atoms with Crippen molar-refractivity contribution in [3.63, 3.8) is 0 Å². The summed E-state index contributed by atoms with van der Waals surface area (Å²) in [6.07, 6.45) is 0. The minimum atomic E-state index is -0.462. The quantitative estimate of drug-likeness (QED) is 0.450. The zero-order chi connectivity index (χ0) is 19.5. The van der Waals surface area contributed by atoms with E-state index in [1.54, 1.807) is 5.38 Å². The van der Waals surface area contributed by atoms with Gasteiger partial charge in [0.25, 0.3) is 0 Å². The summed E-state index contributed by atoms with van der Waals surface area (Å²) in [5, 5.41) is 8.41. The van der Waals surface area contributed by atoms with Gasteiger partial charge in [-0.05, 0) is 43.3 Å². The molecule has 0 fully saturated rings. The average molecular weight is 397 g/mol. The van der Waals surface area contributed by atoms with Gasteiger partial charge in [-0.2, -0.15) is 0 Å². The second kappa shape index (κ2) is 7.69. The van der Waals surface area contributed by atoms with Gasteiger partial charge in [0, 0.05) is 16.5 Å². The fraction of sp³-hybridized carbons (Fsp3) is 0.100. The molecule has 0 spiro atoms. The monoisotopic (exact) mass is 397 g/mol. The van der Waals surface area contributed by atoms with Gasteiger partial charge in [0.2, 0.25) is 0 Å². The van der Waals surface area contributed by atoms with Crippen LogP contribution in [0, 0.1) is 5.82 Å². The van der Waals surface area contributed by atoms with E-state index in [1.165, 1.54) is 35.6 Å². The lowest BCUT2D eigenvalue weighted by Crippen LogP contribution is -2.19. The van der Waals surface area contributed by atoms with E-state index in [9.17, 15) is 9.18 Å². The van der Waals surface area contributed by atoms with Gasteiger partial charge in [0.1, 0.15) is 11.5 Å². The zero-order valence-electron chi connectivity index (χ0n) is 14.9. The number of rotatable bonds is 5. The largest absolute Gasteiger partial charge is 0.490 e. The van der Waals surface area contributed by atoms with Crippen molar-refractivity contribution in [2.75, 3.05) is 17.2 Å². The van der Waals surface area contributed by atoms with Crippen LogP contribution in [-0.4, -0.2) is 17.6 Å². The van der Waals surface area contributed by atoms with Crippen molar-refractivity contribution < 1.29 is 18.3 Å². The number of halogens is 1. The molecule has 142 valence electrons. The minimum absolute atomic E-state index is 0.367. The second-order valence-corrected chi connectivity index (χ2v) is 6.70. The highest BCUT2D eigenvalue weighted by Crippen LogP contribution is 2.34. The maximum Gasteiger partial charge on any atom is 0.325 e. The van der Waals surface area contributed by atoms with E-state index in [1.807, 2.05) is 31.2 Å². The normalized spacial score (nSPS) is 10.8. The third-order valence-corrected chi connectivity index (χ3v) is 4.64. The first-order valence-electron chi connectivity index (χ1n) is 8.57. The number of nitrogens with one attached hydrogen (secondary N) is 2. The number of ether oxygens (including phenoxy) is 1. The van der Waals surface area contributed by atoms with Crippen LogP contribution in [-0.2, 0) is 0 Å². The Morgan fingerprint density at radius 2 is 2.04 bits per heavy atom. The lowest BCUT2D eigenvalue weighted by molar-refractivity contribution is 0.262. The molecule has 0 bridgehead atoms. The van der Waals surface area contributed by atoms with Crippen molar-refractivity contribution in [2.45, 2.75) is 6.92 Å². The molecule has 2 aromatic heterocycles. The summed E-state index contributed by atoms with van der Waals surface area (Å²) in [6.45, 7) is 2.46. The molecule has 2 aromatic carbocycles. The van der Waals surface area contributed by atoms with Gasteiger partial charge in [-0.25, -0.2) is 14.2 Å². The molecule has 0 aliphatic rings. The Hall–Kier alpha value is -3.39. The first-order chi connectivity index (χ1) is 13.6. The number of hydrogen-bond acceptors (Lipinski definition) is 5. The molecule has 0 atom stereocenters. The maximum absolute atomic E-state index is 12.9. The average Bonchev–Trinajstić information content (AvgIpc) is 3.31. The Morgan fingerprint density at radius 3 is 2.82 bits per heavy atom. The number of furan rings is 1. The number of para-hydroxylation sites is 1. The molecule has 0 saturated heterocycles. The van der Waals surface area contributed by atoms with E-state index in [-0.39, 0.29) is 5.82 Å². The predicted octanol–water partition coefficient (Wildman–Crippen LogP) is 5.74. The molecule has 2 N–H and O–H groups in total. The molecule has 0 aliphatic heterocycles. The number of thiazole rings is 1. The number of carbonyl (C=O) groups is 1. The van der Waals surface area contributed by atoms with Crippen molar-refractivity contribution in [1.82, 2.24) is 4.98 Å².